The highest BCUT2D eigenvalue weighted by molar-refractivity contribution is 6.37. The number of benzene rings is 2. The number of amides is 1. The Morgan fingerprint density at radius 1 is 1.03 bits per heavy atom. The van der Waals surface area contributed by atoms with Gasteiger partial charge in [0.15, 0.2) is 5.75 Å². The molecule has 10 heteroatoms. The third kappa shape index (κ3) is 4.82. The van der Waals surface area contributed by atoms with Crippen molar-refractivity contribution in [3.8, 4) is 22.9 Å². The van der Waals surface area contributed by atoms with Gasteiger partial charge in [0.1, 0.15) is 5.75 Å². The largest absolute Gasteiger partial charge is 0.497 e. The molecule has 0 bridgehead atoms. The van der Waals surface area contributed by atoms with Crippen LogP contribution in [0.1, 0.15) is 16.2 Å². The number of carbonyl (C=O) groups excluding carboxylic acids is 1. The van der Waals surface area contributed by atoms with Crippen molar-refractivity contribution >= 4 is 29.1 Å². The summed E-state index contributed by atoms with van der Waals surface area (Å²) in [6.07, 6.45) is 0. The van der Waals surface area contributed by atoms with Crippen LogP contribution in [-0.4, -0.2) is 66.2 Å². The molecule has 0 N–H and O–H groups in total. The minimum atomic E-state index is -0.115. The number of hydrogen-bond acceptors (Lipinski definition) is 7. The van der Waals surface area contributed by atoms with Crippen LogP contribution in [0.3, 0.4) is 0 Å². The van der Waals surface area contributed by atoms with Gasteiger partial charge in [-0.05, 0) is 36.4 Å². The van der Waals surface area contributed by atoms with Gasteiger partial charge in [-0.3, -0.25) is 9.69 Å². The van der Waals surface area contributed by atoms with Crippen molar-refractivity contribution in [1.82, 2.24) is 19.9 Å². The first-order valence-corrected chi connectivity index (χ1v) is 10.8. The molecule has 0 atom stereocenters. The molecule has 32 heavy (non-hydrogen) atoms. The van der Waals surface area contributed by atoms with Gasteiger partial charge < -0.3 is 18.9 Å². The lowest BCUT2D eigenvalue weighted by molar-refractivity contribution is 0.0615. The molecule has 2 aromatic carbocycles. The SMILES string of the molecule is COc1ccc(-c2noc(CN3CCN(C(=O)c4cc(Cl)c(OC)c(Cl)c4)CC3)n2)cc1. The van der Waals surface area contributed by atoms with Crippen molar-refractivity contribution < 1.29 is 18.8 Å². The molecule has 1 aliphatic rings. The summed E-state index contributed by atoms with van der Waals surface area (Å²) in [6, 6.07) is 10.6. The molecule has 1 aromatic heterocycles. The standard InChI is InChI=1S/C22H22Cl2N4O4/c1-30-16-5-3-14(4-6-16)21-25-19(32-26-21)13-27-7-9-28(10-8-27)22(29)15-11-17(23)20(31-2)18(24)12-15/h3-6,11-12H,7-10,13H2,1-2H3. The van der Waals surface area contributed by atoms with Crippen molar-refractivity contribution in [1.29, 1.82) is 0 Å². The van der Waals surface area contributed by atoms with E-state index in [0.717, 1.165) is 11.3 Å². The van der Waals surface area contributed by atoms with Crippen molar-refractivity contribution in [2.75, 3.05) is 40.4 Å². The fourth-order valence-corrected chi connectivity index (χ4v) is 4.18. The number of halogens is 2. The third-order valence-electron chi connectivity index (χ3n) is 5.28. The lowest BCUT2D eigenvalue weighted by Crippen LogP contribution is -2.48. The van der Waals surface area contributed by atoms with E-state index in [9.17, 15) is 4.79 Å². The van der Waals surface area contributed by atoms with E-state index in [0.29, 0.717) is 65.8 Å². The molecule has 0 aliphatic carbocycles. The van der Waals surface area contributed by atoms with Gasteiger partial charge in [-0.25, -0.2) is 0 Å². The van der Waals surface area contributed by atoms with Gasteiger partial charge in [0, 0.05) is 37.3 Å². The predicted molar refractivity (Wildman–Crippen MR) is 120 cm³/mol. The van der Waals surface area contributed by atoms with E-state index in [4.69, 9.17) is 37.2 Å². The van der Waals surface area contributed by atoms with Gasteiger partial charge >= 0.3 is 0 Å². The van der Waals surface area contributed by atoms with Gasteiger partial charge in [-0.15, -0.1) is 0 Å². The van der Waals surface area contributed by atoms with Crippen LogP contribution in [0.2, 0.25) is 10.0 Å². The van der Waals surface area contributed by atoms with E-state index in [1.54, 1.807) is 24.1 Å². The van der Waals surface area contributed by atoms with Crippen LogP contribution in [0.15, 0.2) is 40.9 Å². The Morgan fingerprint density at radius 2 is 1.69 bits per heavy atom. The van der Waals surface area contributed by atoms with E-state index < -0.39 is 0 Å². The number of hydrogen-bond donors (Lipinski definition) is 0. The average Bonchev–Trinajstić information content (AvgIpc) is 3.27. The summed E-state index contributed by atoms with van der Waals surface area (Å²) >= 11 is 12.3. The van der Waals surface area contributed by atoms with Crippen LogP contribution >= 0.6 is 23.2 Å². The summed E-state index contributed by atoms with van der Waals surface area (Å²) in [4.78, 5) is 21.3. The molecule has 1 amide bonds. The van der Waals surface area contributed by atoms with Crippen molar-refractivity contribution in [2.24, 2.45) is 0 Å². The molecular weight excluding hydrogens is 455 g/mol. The molecule has 1 aliphatic heterocycles. The van der Waals surface area contributed by atoms with E-state index in [2.05, 4.69) is 15.0 Å². The van der Waals surface area contributed by atoms with Crippen molar-refractivity contribution in [3.05, 3.63) is 57.9 Å². The number of aromatic nitrogens is 2. The topological polar surface area (TPSA) is 80.9 Å². The lowest BCUT2D eigenvalue weighted by atomic mass is 10.1. The molecule has 0 spiro atoms. The second-order valence-electron chi connectivity index (χ2n) is 7.28. The second kappa shape index (κ2) is 9.77. The summed E-state index contributed by atoms with van der Waals surface area (Å²) in [5.41, 5.74) is 1.29. The summed E-state index contributed by atoms with van der Waals surface area (Å²) in [6.45, 7) is 3.03. The number of ether oxygens (including phenoxy) is 2. The molecule has 2 heterocycles. The summed E-state index contributed by atoms with van der Waals surface area (Å²) in [5, 5.41) is 4.69. The zero-order valence-corrected chi connectivity index (χ0v) is 19.2. The zero-order valence-electron chi connectivity index (χ0n) is 17.7. The molecule has 4 rings (SSSR count). The molecule has 1 fully saturated rings. The van der Waals surface area contributed by atoms with Crippen molar-refractivity contribution in [3.63, 3.8) is 0 Å². The Balaban J connectivity index is 1.34. The summed E-state index contributed by atoms with van der Waals surface area (Å²) < 4.78 is 15.7. The molecule has 0 radical (unpaired) electrons. The maximum atomic E-state index is 12.9. The average molecular weight is 477 g/mol. The molecule has 8 nitrogen and oxygen atoms in total. The highest BCUT2D eigenvalue weighted by atomic mass is 35.5. The predicted octanol–water partition coefficient (Wildman–Crippen LogP) is 4.02. The third-order valence-corrected chi connectivity index (χ3v) is 5.85. The highest BCUT2D eigenvalue weighted by Gasteiger charge is 2.25. The second-order valence-corrected chi connectivity index (χ2v) is 8.10. The maximum absolute atomic E-state index is 12.9. The molecule has 3 aromatic rings. The first kappa shape index (κ1) is 22.4. The molecule has 1 saturated heterocycles. The first-order valence-electron chi connectivity index (χ1n) is 10.00. The fraction of sp³-hybridized carbons (Fsp3) is 0.318. The van der Waals surface area contributed by atoms with Gasteiger partial charge in [0.2, 0.25) is 11.7 Å². The van der Waals surface area contributed by atoms with Gasteiger partial charge in [-0.2, -0.15) is 4.98 Å². The minimum absolute atomic E-state index is 0.115. The smallest absolute Gasteiger partial charge is 0.254 e. The molecule has 168 valence electrons. The van der Waals surface area contributed by atoms with Crippen LogP contribution in [-0.2, 0) is 6.54 Å². The number of carbonyl (C=O) groups is 1. The Bertz CT molecular complexity index is 1070. The minimum Gasteiger partial charge on any atom is -0.497 e. The normalized spacial score (nSPS) is 14.4. The van der Waals surface area contributed by atoms with Gasteiger partial charge in [0.05, 0.1) is 30.8 Å². The molecule has 0 unspecified atom stereocenters. The van der Waals surface area contributed by atoms with Crippen LogP contribution in [0, 0.1) is 0 Å². The van der Waals surface area contributed by atoms with Crippen molar-refractivity contribution in [2.45, 2.75) is 6.54 Å². The Morgan fingerprint density at radius 3 is 2.28 bits per heavy atom. The maximum Gasteiger partial charge on any atom is 0.254 e. The van der Waals surface area contributed by atoms with Gasteiger partial charge in [-0.1, -0.05) is 28.4 Å². The Labute approximate surface area is 195 Å². The van der Waals surface area contributed by atoms with E-state index in [1.165, 1.54) is 7.11 Å². The Kier molecular flexibility index (Phi) is 6.83. The molecular formula is C22H22Cl2N4O4. The summed E-state index contributed by atoms with van der Waals surface area (Å²) in [7, 11) is 3.10. The fourth-order valence-electron chi connectivity index (χ4n) is 3.54. The lowest BCUT2D eigenvalue weighted by Gasteiger charge is -2.34. The van der Waals surface area contributed by atoms with Gasteiger partial charge in [0.25, 0.3) is 5.91 Å². The number of piperazine rings is 1. The monoisotopic (exact) mass is 476 g/mol. The van der Waals surface area contributed by atoms with Crippen LogP contribution in [0.5, 0.6) is 11.5 Å². The van der Waals surface area contributed by atoms with Crippen LogP contribution in [0.25, 0.3) is 11.4 Å². The van der Waals surface area contributed by atoms with Crippen LogP contribution in [0.4, 0.5) is 0 Å². The molecule has 0 saturated carbocycles. The number of rotatable bonds is 6. The Hall–Kier alpha value is -2.81. The van der Waals surface area contributed by atoms with E-state index in [-0.39, 0.29) is 5.91 Å². The van der Waals surface area contributed by atoms with Crippen LogP contribution < -0.4 is 9.47 Å². The van der Waals surface area contributed by atoms with E-state index >= 15 is 0 Å². The van der Waals surface area contributed by atoms with E-state index in [1.807, 2.05) is 24.3 Å². The zero-order chi connectivity index (χ0) is 22.7. The number of nitrogens with zero attached hydrogens (tertiary/aromatic N) is 4. The quantitative estimate of drug-likeness (QED) is 0.531. The summed E-state index contributed by atoms with van der Waals surface area (Å²) in [5.74, 6) is 2.08. The first-order chi connectivity index (χ1) is 15.5. The highest BCUT2D eigenvalue weighted by Crippen LogP contribution is 2.34. The number of methoxy groups -OCH3 is 2.